The predicted octanol–water partition coefficient (Wildman–Crippen LogP) is 3.52. The van der Waals surface area contributed by atoms with E-state index < -0.39 is 0 Å². The Balaban J connectivity index is 2.20. The molecular formula is C16H32N2O. The minimum Gasteiger partial charge on any atom is -0.396 e. The van der Waals surface area contributed by atoms with Gasteiger partial charge in [-0.15, -0.1) is 0 Å². The largest absolute Gasteiger partial charge is 0.396 e. The number of hydrogen-bond donors (Lipinski definition) is 2. The summed E-state index contributed by atoms with van der Waals surface area (Å²) < 4.78 is 0. The van der Waals surface area contributed by atoms with Crippen LogP contribution in [0.1, 0.15) is 72.1 Å². The molecule has 1 rings (SSSR count). The van der Waals surface area contributed by atoms with Gasteiger partial charge in [0.15, 0.2) is 0 Å². The van der Waals surface area contributed by atoms with E-state index in [0.29, 0.717) is 6.04 Å². The fourth-order valence-electron chi connectivity index (χ4n) is 2.68. The number of nitrogens with zero attached hydrogens (tertiary/aromatic N) is 1. The zero-order valence-corrected chi connectivity index (χ0v) is 13.0. The molecular weight excluding hydrogens is 236 g/mol. The Labute approximate surface area is 118 Å². The number of aliphatic imine (C=N–C) groups is 1. The molecule has 3 heteroatoms. The average Bonchev–Trinajstić information content (AvgIpc) is 2.83. The number of aliphatic hydroxyl groups excluding tert-OH is 1. The van der Waals surface area contributed by atoms with Crippen molar-refractivity contribution in [3.05, 3.63) is 0 Å². The van der Waals surface area contributed by atoms with Crippen molar-refractivity contribution in [2.24, 2.45) is 10.4 Å². The van der Waals surface area contributed by atoms with Crippen molar-refractivity contribution in [1.29, 1.82) is 0 Å². The molecule has 1 aliphatic rings. The summed E-state index contributed by atoms with van der Waals surface area (Å²) in [5.41, 5.74) is 0.162. The van der Waals surface area contributed by atoms with Crippen LogP contribution in [0.5, 0.6) is 0 Å². The molecule has 1 atom stereocenters. The van der Waals surface area contributed by atoms with Gasteiger partial charge in [-0.05, 0) is 12.8 Å². The first-order chi connectivity index (χ1) is 9.10. The second-order valence-electron chi connectivity index (χ2n) is 6.44. The summed E-state index contributed by atoms with van der Waals surface area (Å²) in [6.45, 7) is 7.91. The lowest BCUT2D eigenvalue weighted by atomic mass is 9.85. The number of hydrogen-bond acceptors (Lipinski definition) is 3. The maximum Gasteiger partial charge on any atom is 0.102 e. The number of unbranched alkanes of at least 4 members (excludes halogenated alkanes) is 5. The van der Waals surface area contributed by atoms with Crippen LogP contribution in [0.3, 0.4) is 0 Å². The first kappa shape index (κ1) is 16.5. The summed E-state index contributed by atoms with van der Waals surface area (Å²) in [4.78, 5) is 4.63. The highest BCUT2D eigenvalue weighted by atomic mass is 16.3. The topological polar surface area (TPSA) is 44.6 Å². The molecule has 112 valence electrons. The first-order valence-electron chi connectivity index (χ1n) is 8.02. The van der Waals surface area contributed by atoms with Gasteiger partial charge in [0.05, 0.1) is 6.54 Å². The minimum atomic E-state index is 0.162. The fraction of sp³-hybridized carbons (Fsp3) is 0.938. The van der Waals surface area contributed by atoms with Crippen molar-refractivity contribution in [2.45, 2.75) is 78.2 Å². The zero-order valence-electron chi connectivity index (χ0n) is 13.0. The molecule has 0 fully saturated rings. The molecule has 1 aliphatic heterocycles. The second kappa shape index (κ2) is 8.57. The second-order valence-corrected chi connectivity index (χ2v) is 6.44. The van der Waals surface area contributed by atoms with Gasteiger partial charge in [-0.2, -0.15) is 0 Å². The van der Waals surface area contributed by atoms with E-state index >= 15 is 0 Å². The number of nitrogens with one attached hydrogen (secondary N) is 1. The molecule has 0 aromatic heterocycles. The number of amidine groups is 1. The van der Waals surface area contributed by atoms with Crippen LogP contribution in [-0.4, -0.2) is 30.1 Å². The molecule has 0 aromatic rings. The normalized spacial score (nSPS) is 19.4. The lowest BCUT2D eigenvalue weighted by Crippen LogP contribution is -2.39. The monoisotopic (exact) mass is 268 g/mol. The van der Waals surface area contributed by atoms with Crippen molar-refractivity contribution >= 4 is 5.84 Å². The van der Waals surface area contributed by atoms with E-state index in [1.54, 1.807) is 0 Å². The van der Waals surface area contributed by atoms with E-state index in [4.69, 9.17) is 5.11 Å². The summed E-state index contributed by atoms with van der Waals surface area (Å²) in [6.07, 6.45) is 10.1. The number of rotatable bonds is 10. The predicted molar refractivity (Wildman–Crippen MR) is 82.7 cm³/mol. The molecule has 0 amide bonds. The molecule has 1 heterocycles. The average molecular weight is 268 g/mol. The van der Waals surface area contributed by atoms with Gasteiger partial charge < -0.3 is 10.4 Å². The molecule has 0 aliphatic carbocycles. The molecule has 0 bridgehead atoms. The SMILES string of the molecule is CCCCCCCCC(C)(C)C1=NCC(CCO)N1. The lowest BCUT2D eigenvalue weighted by molar-refractivity contribution is 0.274. The third-order valence-corrected chi connectivity index (χ3v) is 4.08. The van der Waals surface area contributed by atoms with Crippen LogP contribution < -0.4 is 5.32 Å². The standard InChI is InChI=1S/C16H32N2O/c1-4-5-6-7-8-9-11-16(2,3)15-17-13-14(18-15)10-12-19/h14,19H,4-13H2,1-3H3,(H,17,18). The molecule has 1 unspecified atom stereocenters. The molecule has 0 radical (unpaired) electrons. The summed E-state index contributed by atoms with van der Waals surface area (Å²) in [5, 5.41) is 12.5. The van der Waals surface area contributed by atoms with E-state index in [1.165, 1.54) is 44.9 Å². The van der Waals surface area contributed by atoms with Crippen molar-refractivity contribution in [3.8, 4) is 0 Å². The molecule has 0 spiro atoms. The van der Waals surface area contributed by atoms with E-state index in [2.05, 4.69) is 31.1 Å². The van der Waals surface area contributed by atoms with Crippen LogP contribution in [0.15, 0.2) is 4.99 Å². The van der Waals surface area contributed by atoms with Crippen molar-refractivity contribution in [3.63, 3.8) is 0 Å². The Bertz CT molecular complexity index is 274. The van der Waals surface area contributed by atoms with Crippen LogP contribution in [0.4, 0.5) is 0 Å². The molecule has 0 saturated carbocycles. The van der Waals surface area contributed by atoms with Crippen LogP contribution in [0.2, 0.25) is 0 Å². The van der Waals surface area contributed by atoms with Crippen LogP contribution in [0, 0.1) is 5.41 Å². The highest BCUT2D eigenvalue weighted by Crippen LogP contribution is 2.27. The minimum absolute atomic E-state index is 0.162. The Morgan fingerprint density at radius 3 is 2.58 bits per heavy atom. The van der Waals surface area contributed by atoms with E-state index in [9.17, 15) is 0 Å². The van der Waals surface area contributed by atoms with Gasteiger partial charge in [-0.25, -0.2) is 0 Å². The van der Waals surface area contributed by atoms with Gasteiger partial charge in [-0.1, -0.05) is 59.3 Å². The van der Waals surface area contributed by atoms with Crippen molar-refractivity contribution < 1.29 is 5.11 Å². The third-order valence-electron chi connectivity index (χ3n) is 4.08. The van der Waals surface area contributed by atoms with E-state index in [1.807, 2.05) is 0 Å². The van der Waals surface area contributed by atoms with Gasteiger partial charge in [0, 0.05) is 18.1 Å². The Morgan fingerprint density at radius 2 is 1.89 bits per heavy atom. The Morgan fingerprint density at radius 1 is 1.21 bits per heavy atom. The molecule has 19 heavy (non-hydrogen) atoms. The summed E-state index contributed by atoms with van der Waals surface area (Å²) >= 11 is 0. The fourth-order valence-corrected chi connectivity index (χ4v) is 2.68. The van der Waals surface area contributed by atoms with Gasteiger partial charge in [0.2, 0.25) is 0 Å². The van der Waals surface area contributed by atoms with E-state index in [0.717, 1.165) is 18.8 Å². The molecule has 3 nitrogen and oxygen atoms in total. The molecule has 2 N–H and O–H groups in total. The van der Waals surface area contributed by atoms with Crippen LogP contribution in [-0.2, 0) is 0 Å². The lowest BCUT2D eigenvalue weighted by Gasteiger charge is -2.26. The van der Waals surface area contributed by atoms with Crippen molar-refractivity contribution in [2.75, 3.05) is 13.2 Å². The maximum atomic E-state index is 8.97. The third kappa shape index (κ3) is 5.94. The van der Waals surface area contributed by atoms with Crippen molar-refractivity contribution in [1.82, 2.24) is 5.32 Å². The smallest absolute Gasteiger partial charge is 0.102 e. The molecule has 0 saturated heterocycles. The van der Waals surface area contributed by atoms with Gasteiger partial charge in [0.1, 0.15) is 5.84 Å². The summed E-state index contributed by atoms with van der Waals surface area (Å²) in [6, 6.07) is 0.351. The highest BCUT2D eigenvalue weighted by molar-refractivity contribution is 5.89. The summed E-state index contributed by atoms with van der Waals surface area (Å²) in [5.74, 6) is 1.15. The Kier molecular flexibility index (Phi) is 7.44. The quantitative estimate of drug-likeness (QED) is 0.595. The maximum absolute atomic E-state index is 8.97. The highest BCUT2D eigenvalue weighted by Gasteiger charge is 2.29. The van der Waals surface area contributed by atoms with Gasteiger partial charge in [-0.3, -0.25) is 4.99 Å². The summed E-state index contributed by atoms with van der Waals surface area (Å²) in [7, 11) is 0. The van der Waals surface area contributed by atoms with Gasteiger partial charge >= 0.3 is 0 Å². The van der Waals surface area contributed by atoms with Gasteiger partial charge in [0.25, 0.3) is 0 Å². The number of aliphatic hydroxyl groups is 1. The Hall–Kier alpha value is -0.570. The van der Waals surface area contributed by atoms with E-state index in [-0.39, 0.29) is 12.0 Å². The first-order valence-corrected chi connectivity index (χ1v) is 8.02. The van der Waals surface area contributed by atoms with Crippen LogP contribution in [0.25, 0.3) is 0 Å². The zero-order chi connectivity index (χ0) is 14.1. The molecule has 0 aromatic carbocycles. The van der Waals surface area contributed by atoms with Crippen LogP contribution >= 0.6 is 0 Å².